The number of rotatable bonds is 2. The lowest BCUT2D eigenvalue weighted by atomic mass is 10.1. The number of nitrogens with one attached hydrogen (secondary N) is 2. The maximum Gasteiger partial charge on any atom is 0.323 e. The van der Waals surface area contributed by atoms with Gasteiger partial charge < -0.3 is 25.4 Å². The highest BCUT2D eigenvalue weighted by Crippen LogP contribution is 2.31. The second-order valence-electron chi connectivity index (χ2n) is 4.89. The van der Waals surface area contributed by atoms with Gasteiger partial charge in [-0.05, 0) is 15.9 Å². The number of aliphatic hydroxyl groups is 3. The number of amidine groups is 1. The molecule has 2 unspecified atom stereocenters. The zero-order valence-corrected chi connectivity index (χ0v) is 12.1. The Hall–Kier alpha value is -1.27. The zero-order chi connectivity index (χ0) is 15.3. The third-order valence-corrected chi connectivity index (χ3v) is 4.25. The monoisotopic (exact) mass is 364 g/mol. The molecule has 3 aliphatic rings. The summed E-state index contributed by atoms with van der Waals surface area (Å²) in [7, 11) is 0. The number of hydrogen-bond acceptors (Lipinski definition) is 8. The van der Waals surface area contributed by atoms with Gasteiger partial charge in [0, 0.05) is 0 Å². The number of carbonyl (C=O) groups is 2. The maximum absolute atomic E-state index is 11.7. The van der Waals surface area contributed by atoms with Crippen molar-refractivity contribution in [3.05, 3.63) is 0 Å². The van der Waals surface area contributed by atoms with Crippen LogP contribution < -0.4 is 10.6 Å². The molecule has 0 aromatic rings. The summed E-state index contributed by atoms with van der Waals surface area (Å²) in [5, 5.41) is 33.5. The van der Waals surface area contributed by atoms with Gasteiger partial charge in [0.1, 0.15) is 24.5 Å². The smallest absolute Gasteiger partial charge is 0.323 e. The minimum atomic E-state index is -1.33. The van der Waals surface area contributed by atoms with E-state index < -0.39 is 55.3 Å². The van der Waals surface area contributed by atoms with E-state index in [4.69, 9.17) is 9.84 Å². The SMILES string of the molecule is O=C1NC(=O)C2N=C(Br)N([C@@H]3O[C@H](CO)[C@@H](O)[C@H]3O)C2N1. The summed E-state index contributed by atoms with van der Waals surface area (Å²) < 4.78 is 5.59. The first-order valence-electron chi connectivity index (χ1n) is 6.19. The quantitative estimate of drug-likeness (QED) is 0.329. The maximum atomic E-state index is 11.7. The summed E-state index contributed by atoms with van der Waals surface area (Å²) in [5.41, 5.74) is 0. The molecule has 0 radical (unpaired) electrons. The Morgan fingerprint density at radius 1 is 1.33 bits per heavy atom. The van der Waals surface area contributed by atoms with E-state index in [1.165, 1.54) is 4.90 Å². The van der Waals surface area contributed by atoms with E-state index in [1.54, 1.807) is 0 Å². The van der Waals surface area contributed by atoms with E-state index in [0.29, 0.717) is 0 Å². The number of aliphatic hydroxyl groups excluding tert-OH is 3. The van der Waals surface area contributed by atoms with Crippen LogP contribution in [0.1, 0.15) is 0 Å². The largest absolute Gasteiger partial charge is 0.394 e. The highest BCUT2D eigenvalue weighted by atomic mass is 79.9. The van der Waals surface area contributed by atoms with E-state index >= 15 is 0 Å². The first-order valence-corrected chi connectivity index (χ1v) is 6.99. The third-order valence-electron chi connectivity index (χ3n) is 3.63. The number of carbonyl (C=O) groups excluding carboxylic acids is 2. The number of imide groups is 1. The number of halogens is 1. The molecule has 116 valence electrons. The van der Waals surface area contributed by atoms with Crippen LogP contribution in [0.3, 0.4) is 0 Å². The van der Waals surface area contributed by atoms with Crippen molar-refractivity contribution in [1.29, 1.82) is 0 Å². The Labute approximate surface area is 126 Å². The van der Waals surface area contributed by atoms with Crippen molar-refractivity contribution in [3.63, 3.8) is 0 Å². The third kappa shape index (κ3) is 2.21. The minimum Gasteiger partial charge on any atom is -0.394 e. The molecular weight excluding hydrogens is 352 g/mol. The lowest BCUT2D eigenvalue weighted by molar-refractivity contribution is -0.126. The molecule has 0 saturated carbocycles. The average Bonchev–Trinajstić information content (AvgIpc) is 2.89. The molecule has 2 fully saturated rings. The molecule has 5 N–H and O–H groups in total. The summed E-state index contributed by atoms with van der Waals surface area (Å²) in [5.74, 6) is -0.574. The number of ether oxygens (including phenoxy) is 1. The fourth-order valence-electron chi connectivity index (χ4n) is 2.60. The first-order chi connectivity index (χ1) is 9.93. The van der Waals surface area contributed by atoms with E-state index in [1.807, 2.05) is 0 Å². The molecule has 21 heavy (non-hydrogen) atoms. The predicted octanol–water partition coefficient (Wildman–Crippen LogP) is -2.97. The average molecular weight is 365 g/mol. The van der Waals surface area contributed by atoms with Crippen molar-refractivity contribution < 1.29 is 29.6 Å². The molecule has 6 atom stereocenters. The molecule has 3 rings (SSSR count). The molecule has 11 heteroatoms. The van der Waals surface area contributed by atoms with Gasteiger partial charge >= 0.3 is 6.03 Å². The van der Waals surface area contributed by atoms with E-state index in [-0.39, 0.29) is 4.74 Å². The number of amides is 3. The van der Waals surface area contributed by atoms with Crippen molar-refractivity contribution in [2.75, 3.05) is 6.61 Å². The normalized spacial score (nSPS) is 42.5. The van der Waals surface area contributed by atoms with E-state index in [2.05, 4.69) is 31.6 Å². The van der Waals surface area contributed by atoms with Gasteiger partial charge in [0.05, 0.1) is 6.61 Å². The standard InChI is InChI=1S/C10H13BrN4O6/c11-9-12-3-6(13-10(20)14-7(3)19)15(9)8-5(18)4(17)2(1-16)21-8/h2-6,8,16-18H,1H2,(H2,13,14,19,20)/t2-,3?,4-,5-,6?,8-/m1/s1. The molecule has 0 aromatic carbocycles. The van der Waals surface area contributed by atoms with Gasteiger partial charge in [-0.1, -0.05) is 0 Å². The topological polar surface area (TPSA) is 144 Å². The highest BCUT2D eigenvalue weighted by molar-refractivity contribution is 9.18. The van der Waals surface area contributed by atoms with Crippen LogP contribution in [-0.2, 0) is 9.53 Å². The highest BCUT2D eigenvalue weighted by Gasteiger charge is 2.53. The molecule has 0 bridgehead atoms. The molecule has 3 heterocycles. The van der Waals surface area contributed by atoms with Gasteiger partial charge in [-0.3, -0.25) is 15.0 Å². The van der Waals surface area contributed by atoms with Crippen molar-refractivity contribution in [3.8, 4) is 0 Å². The van der Waals surface area contributed by atoms with Gasteiger partial charge in [0.15, 0.2) is 17.0 Å². The Morgan fingerprint density at radius 2 is 2.05 bits per heavy atom. The van der Waals surface area contributed by atoms with Crippen molar-refractivity contribution in [1.82, 2.24) is 15.5 Å². The fraction of sp³-hybridized carbons (Fsp3) is 0.700. The van der Waals surface area contributed by atoms with Gasteiger partial charge in [-0.2, -0.15) is 0 Å². The van der Waals surface area contributed by atoms with Crippen molar-refractivity contribution >= 4 is 32.6 Å². The summed E-state index contributed by atoms with van der Waals surface area (Å²) in [6, 6.07) is -1.58. The van der Waals surface area contributed by atoms with Gasteiger partial charge in [0.25, 0.3) is 5.91 Å². The molecule has 0 aliphatic carbocycles. The molecular formula is C10H13BrN4O6. The second-order valence-corrected chi connectivity index (χ2v) is 5.60. The van der Waals surface area contributed by atoms with Gasteiger partial charge in [-0.15, -0.1) is 0 Å². The van der Waals surface area contributed by atoms with Crippen LogP contribution in [0.15, 0.2) is 4.99 Å². The number of fused-ring (bicyclic) bond motifs is 1. The van der Waals surface area contributed by atoms with Crippen LogP contribution >= 0.6 is 15.9 Å². The molecule has 3 aliphatic heterocycles. The molecule has 0 aromatic heterocycles. The predicted molar refractivity (Wildman–Crippen MR) is 70.2 cm³/mol. The van der Waals surface area contributed by atoms with Crippen molar-refractivity contribution in [2.24, 2.45) is 4.99 Å². The summed E-state index contributed by atoms with van der Waals surface area (Å²) in [6.45, 7) is -0.474. The number of nitrogens with zero attached hydrogens (tertiary/aromatic N) is 2. The van der Waals surface area contributed by atoms with Crippen LogP contribution in [0.5, 0.6) is 0 Å². The lowest BCUT2D eigenvalue weighted by Crippen LogP contribution is -2.66. The van der Waals surface area contributed by atoms with Crippen LogP contribution in [0.2, 0.25) is 0 Å². The first kappa shape index (κ1) is 14.7. The summed E-state index contributed by atoms with van der Waals surface area (Å²) in [6.07, 6.45) is -5.48. The zero-order valence-electron chi connectivity index (χ0n) is 10.5. The number of aliphatic imine (C=N–C) groups is 1. The molecule has 0 spiro atoms. The molecule has 2 saturated heterocycles. The summed E-state index contributed by atoms with van der Waals surface area (Å²) in [4.78, 5) is 28.6. The minimum absolute atomic E-state index is 0.199. The number of urea groups is 1. The summed E-state index contributed by atoms with van der Waals surface area (Å²) >= 11 is 3.15. The fourth-order valence-corrected chi connectivity index (χ4v) is 3.24. The Morgan fingerprint density at radius 3 is 2.67 bits per heavy atom. The lowest BCUT2D eigenvalue weighted by Gasteiger charge is -2.36. The van der Waals surface area contributed by atoms with Crippen LogP contribution in [0.4, 0.5) is 4.79 Å². The van der Waals surface area contributed by atoms with Gasteiger partial charge in [0.2, 0.25) is 0 Å². The second kappa shape index (κ2) is 5.18. The Balaban J connectivity index is 1.87. The van der Waals surface area contributed by atoms with E-state index in [0.717, 1.165) is 0 Å². The Kier molecular flexibility index (Phi) is 3.61. The van der Waals surface area contributed by atoms with Crippen LogP contribution in [0.25, 0.3) is 0 Å². The molecule has 3 amide bonds. The van der Waals surface area contributed by atoms with Crippen LogP contribution in [0, 0.1) is 0 Å². The molecule has 10 nitrogen and oxygen atoms in total. The van der Waals surface area contributed by atoms with Gasteiger partial charge in [-0.25, -0.2) is 9.79 Å². The Bertz CT molecular complexity index is 516. The van der Waals surface area contributed by atoms with Crippen LogP contribution in [-0.4, -0.2) is 80.3 Å². The van der Waals surface area contributed by atoms with E-state index in [9.17, 15) is 19.8 Å². The number of hydrogen-bond donors (Lipinski definition) is 5. The van der Waals surface area contributed by atoms with Crippen molar-refractivity contribution in [2.45, 2.75) is 36.7 Å².